The molecule has 0 aliphatic carbocycles. The van der Waals surface area contributed by atoms with Gasteiger partial charge in [0.15, 0.2) is 0 Å². The molecule has 0 aromatic rings. The first kappa shape index (κ1) is 21.0. The first-order valence-corrected chi connectivity index (χ1v) is 8.50. The molecule has 128 valence electrons. The van der Waals surface area contributed by atoms with Gasteiger partial charge in [-0.15, -0.1) is 11.8 Å². The predicted octanol–water partition coefficient (Wildman–Crippen LogP) is 1.83. The van der Waals surface area contributed by atoms with E-state index in [0.717, 1.165) is 12.1 Å². The summed E-state index contributed by atoms with van der Waals surface area (Å²) in [6.45, 7) is 4.68. The SMILES string of the molecule is CCOC(=O)CN(CCOC)SN(C)C(=O)ON=C(C)SC. The molecule has 0 unspecified atom stereocenters. The van der Waals surface area contributed by atoms with Crippen molar-refractivity contribution in [1.29, 1.82) is 0 Å². The molecule has 0 aliphatic rings. The average Bonchev–Trinajstić information content (AvgIpc) is 2.49. The molecule has 0 aromatic heterocycles. The number of thioether (sulfide) groups is 1. The van der Waals surface area contributed by atoms with Crippen molar-refractivity contribution in [2.45, 2.75) is 13.8 Å². The number of nitrogens with zero attached hydrogens (tertiary/aromatic N) is 3. The Balaban J connectivity index is 4.48. The highest BCUT2D eigenvalue weighted by molar-refractivity contribution is 8.13. The predicted molar refractivity (Wildman–Crippen MR) is 88.5 cm³/mol. The van der Waals surface area contributed by atoms with E-state index < -0.39 is 6.09 Å². The van der Waals surface area contributed by atoms with E-state index in [-0.39, 0.29) is 12.5 Å². The van der Waals surface area contributed by atoms with Gasteiger partial charge in [0.1, 0.15) is 11.6 Å². The van der Waals surface area contributed by atoms with Crippen LogP contribution < -0.4 is 0 Å². The summed E-state index contributed by atoms with van der Waals surface area (Å²) in [6, 6.07) is 0. The fourth-order valence-corrected chi connectivity index (χ4v) is 1.97. The average molecular weight is 353 g/mol. The van der Waals surface area contributed by atoms with Crippen LogP contribution in [0.4, 0.5) is 4.79 Å². The van der Waals surface area contributed by atoms with Gasteiger partial charge in [-0.25, -0.2) is 13.4 Å². The molecule has 8 nitrogen and oxygen atoms in total. The van der Waals surface area contributed by atoms with Gasteiger partial charge in [0.05, 0.1) is 13.2 Å². The Morgan fingerprint density at radius 2 is 2.00 bits per heavy atom. The van der Waals surface area contributed by atoms with E-state index in [2.05, 4.69) is 5.16 Å². The van der Waals surface area contributed by atoms with Crippen LogP contribution in [0.5, 0.6) is 0 Å². The van der Waals surface area contributed by atoms with Crippen molar-refractivity contribution in [3.63, 3.8) is 0 Å². The van der Waals surface area contributed by atoms with Gasteiger partial charge >= 0.3 is 12.1 Å². The second-order valence-corrected chi connectivity index (χ2v) is 6.14. The zero-order valence-electron chi connectivity index (χ0n) is 13.5. The van der Waals surface area contributed by atoms with Crippen LogP contribution >= 0.6 is 23.9 Å². The van der Waals surface area contributed by atoms with Gasteiger partial charge in [-0.05, 0) is 20.1 Å². The molecule has 0 heterocycles. The Morgan fingerprint density at radius 3 is 2.55 bits per heavy atom. The standard InChI is InChI=1S/C12H23N3O5S2/c1-6-19-11(16)9-15(7-8-18-4)22-14(3)12(17)20-13-10(2)21-5/h6-9H2,1-5H3. The molecule has 10 heteroatoms. The zero-order valence-corrected chi connectivity index (χ0v) is 15.2. The van der Waals surface area contributed by atoms with Gasteiger partial charge in [-0.1, -0.05) is 5.16 Å². The summed E-state index contributed by atoms with van der Waals surface area (Å²) >= 11 is 2.42. The van der Waals surface area contributed by atoms with E-state index in [1.54, 1.807) is 25.3 Å². The summed E-state index contributed by atoms with van der Waals surface area (Å²) in [4.78, 5) is 28.1. The van der Waals surface area contributed by atoms with Crippen molar-refractivity contribution in [2.24, 2.45) is 5.16 Å². The van der Waals surface area contributed by atoms with Crippen LogP contribution in [0.1, 0.15) is 13.8 Å². The maximum atomic E-state index is 11.8. The second kappa shape index (κ2) is 12.6. The lowest BCUT2D eigenvalue weighted by molar-refractivity contribution is -0.143. The van der Waals surface area contributed by atoms with E-state index >= 15 is 0 Å². The van der Waals surface area contributed by atoms with Gasteiger partial charge < -0.3 is 9.47 Å². The topological polar surface area (TPSA) is 80.7 Å². The zero-order chi connectivity index (χ0) is 17.0. The van der Waals surface area contributed by atoms with Crippen molar-refractivity contribution in [2.75, 3.05) is 46.7 Å². The highest BCUT2D eigenvalue weighted by Gasteiger charge is 2.19. The minimum Gasteiger partial charge on any atom is -0.465 e. The number of amides is 1. The molecule has 0 bridgehead atoms. The largest absolute Gasteiger partial charge is 0.465 e. The fourth-order valence-electron chi connectivity index (χ4n) is 1.10. The first-order chi connectivity index (χ1) is 10.4. The smallest absolute Gasteiger partial charge is 0.446 e. The van der Waals surface area contributed by atoms with Crippen molar-refractivity contribution >= 4 is 41.0 Å². The Labute approximate surface area is 139 Å². The molecule has 0 spiro atoms. The number of ether oxygens (including phenoxy) is 2. The summed E-state index contributed by atoms with van der Waals surface area (Å²) < 4.78 is 12.8. The summed E-state index contributed by atoms with van der Waals surface area (Å²) in [5.74, 6) is -0.371. The second-order valence-electron chi connectivity index (χ2n) is 3.91. The van der Waals surface area contributed by atoms with E-state index in [0.29, 0.717) is 24.8 Å². The molecule has 0 rings (SSSR count). The van der Waals surface area contributed by atoms with Crippen LogP contribution in [0.3, 0.4) is 0 Å². The van der Waals surface area contributed by atoms with Gasteiger partial charge in [0.25, 0.3) is 0 Å². The highest BCUT2D eigenvalue weighted by atomic mass is 32.2. The maximum Gasteiger partial charge on any atom is 0.446 e. The number of methoxy groups -OCH3 is 1. The molecule has 0 fully saturated rings. The number of hydrogen-bond donors (Lipinski definition) is 0. The molecule has 22 heavy (non-hydrogen) atoms. The van der Waals surface area contributed by atoms with Crippen molar-refractivity contribution in [1.82, 2.24) is 8.61 Å². The highest BCUT2D eigenvalue weighted by Crippen LogP contribution is 2.15. The van der Waals surface area contributed by atoms with Crippen LogP contribution in [0, 0.1) is 0 Å². The summed E-state index contributed by atoms with van der Waals surface area (Å²) in [7, 11) is 3.09. The lowest BCUT2D eigenvalue weighted by Gasteiger charge is -2.23. The molecule has 0 radical (unpaired) electrons. The number of rotatable bonds is 9. The summed E-state index contributed by atoms with van der Waals surface area (Å²) in [5.41, 5.74) is 0. The monoisotopic (exact) mass is 353 g/mol. The fraction of sp³-hybridized carbons (Fsp3) is 0.750. The Kier molecular flexibility index (Phi) is 12.0. The van der Waals surface area contributed by atoms with Crippen LogP contribution in [-0.4, -0.2) is 72.4 Å². The molecule has 0 aromatic carbocycles. The van der Waals surface area contributed by atoms with Crippen molar-refractivity contribution in [3.05, 3.63) is 0 Å². The Bertz CT molecular complexity index is 382. The quantitative estimate of drug-likeness (QED) is 0.155. The summed E-state index contributed by atoms with van der Waals surface area (Å²) in [5, 5.41) is 4.30. The lowest BCUT2D eigenvalue weighted by Crippen LogP contribution is -2.33. The normalized spacial score (nSPS) is 11.5. The lowest BCUT2D eigenvalue weighted by atomic mass is 10.6. The number of carbonyl (C=O) groups is 2. The molecule has 0 atom stereocenters. The Hall–Kier alpha value is -0.970. The van der Waals surface area contributed by atoms with E-state index in [4.69, 9.17) is 14.3 Å². The minimum absolute atomic E-state index is 0.0343. The third-order valence-corrected chi connectivity index (χ3v) is 3.80. The van der Waals surface area contributed by atoms with E-state index in [9.17, 15) is 9.59 Å². The van der Waals surface area contributed by atoms with Crippen LogP contribution in [0.25, 0.3) is 0 Å². The molecular formula is C12H23N3O5S2. The molecule has 0 saturated carbocycles. The molecular weight excluding hydrogens is 330 g/mol. The van der Waals surface area contributed by atoms with Crippen molar-refractivity contribution in [3.8, 4) is 0 Å². The van der Waals surface area contributed by atoms with Gasteiger partial charge in [-0.2, -0.15) is 0 Å². The Morgan fingerprint density at radius 1 is 1.32 bits per heavy atom. The molecule has 0 N–H and O–H groups in total. The number of carbonyl (C=O) groups excluding carboxylic acids is 2. The minimum atomic E-state index is -0.635. The van der Waals surface area contributed by atoms with Gasteiger partial charge in [-0.3, -0.25) is 9.63 Å². The molecule has 1 amide bonds. The van der Waals surface area contributed by atoms with E-state index in [1.807, 2.05) is 6.26 Å². The number of esters is 1. The van der Waals surface area contributed by atoms with E-state index in [1.165, 1.54) is 23.1 Å². The summed E-state index contributed by atoms with van der Waals surface area (Å²) in [6.07, 6.45) is 1.20. The first-order valence-electron chi connectivity index (χ1n) is 6.55. The van der Waals surface area contributed by atoms with Gasteiger partial charge in [0, 0.05) is 32.8 Å². The van der Waals surface area contributed by atoms with Crippen molar-refractivity contribution < 1.29 is 23.9 Å². The number of oxime groups is 1. The third kappa shape index (κ3) is 9.87. The third-order valence-electron chi connectivity index (χ3n) is 2.20. The maximum absolute atomic E-state index is 11.8. The van der Waals surface area contributed by atoms with Crippen LogP contribution in [-0.2, 0) is 19.1 Å². The molecule has 0 aliphatic heterocycles. The van der Waals surface area contributed by atoms with Gasteiger partial charge in [0.2, 0.25) is 0 Å². The number of hydrogen-bond acceptors (Lipinski definition) is 9. The molecule has 0 saturated heterocycles. The van der Waals surface area contributed by atoms with Crippen LogP contribution in [0.2, 0.25) is 0 Å². The van der Waals surface area contributed by atoms with Crippen LogP contribution in [0.15, 0.2) is 5.16 Å².